The lowest BCUT2D eigenvalue weighted by molar-refractivity contribution is 0.415. The van der Waals surface area contributed by atoms with Crippen LogP contribution < -0.4 is 10.1 Å². The normalized spacial score (nSPS) is 10.2. The Labute approximate surface area is 132 Å². The standard InChI is InChI=1S/C17H12ClN3O/c1-22-14-6-7-16-15(8-14)17(11(9-19)10-20-16)21-13-4-2-12(18)3-5-13/h2-8,10H,1H3,(H,20,21). The fraction of sp³-hybridized carbons (Fsp3) is 0.0588. The van der Waals surface area contributed by atoms with Crippen molar-refractivity contribution < 1.29 is 4.74 Å². The van der Waals surface area contributed by atoms with Gasteiger partial charge in [0.15, 0.2) is 0 Å². The number of hydrogen-bond donors (Lipinski definition) is 1. The highest BCUT2D eigenvalue weighted by Crippen LogP contribution is 2.31. The van der Waals surface area contributed by atoms with E-state index in [0.717, 1.165) is 16.6 Å². The van der Waals surface area contributed by atoms with Crippen molar-refractivity contribution >= 4 is 33.9 Å². The van der Waals surface area contributed by atoms with Gasteiger partial charge >= 0.3 is 0 Å². The number of aromatic nitrogens is 1. The smallest absolute Gasteiger partial charge is 0.119 e. The monoisotopic (exact) mass is 309 g/mol. The number of pyridine rings is 1. The Balaban J connectivity index is 2.16. The van der Waals surface area contributed by atoms with Gasteiger partial charge in [-0.2, -0.15) is 5.26 Å². The number of halogens is 1. The van der Waals surface area contributed by atoms with Crippen molar-refractivity contribution in [2.75, 3.05) is 12.4 Å². The maximum Gasteiger partial charge on any atom is 0.119 e. The summed E-state index contributed by atoms with van der Waals surface area (Å²) in [5.41, 5.74) is 2.80. The van der Waals surface area contributed by atoms with E-state index < -0.39 is 0 Å². The van der Waals surface area contributed by atoms with Crippen molar-refractivity contribution in [3.63, 3.8) is 0 Å². The zero-order chi connectivity index (χ0) is 15.5. The third kappa shape index (κ3) is 2.67. The van der Waals surface area contributed by atoms with E-state index >= 15 is 0 Å². The number of nitrogens with zero attached hydrogens (tertiary/aromatic N) is 2. The third-order valence-electron chi connectivity index (χ3n) is 3.31. The van der Waals surface area contributed by atoms with Crippen LogP contribution in [0.2, 0.25) is 5.02 Å². The first-order valence-electron chi connectivity index (χ1n) is 6.60. The first kappa shape index (κ1) is 14.2. The molecule has 108 valence electrons. The first-order valence-corrected chi connectivity index (χ1v) is 6.98. The molecule has 2 aromatic carbocycles. The van der Waals surface area contributed by atoms with E-state index in [1.54, 1.807) is 25.4 Å². The molecule has 1 heterocycles. The molecule has 3 aromatic rings. The minimum Gasteiger partial charge on any atom is -0.497 e. The third-order valence-corrected chi connectivity index (χ3v) is 3.56. The summed E-state index contributed by atoms with van der Waals surface area (Å²) in [6.07, 6.45) is 1.56. The Morgan fingerprint density at radius 2 is 1.95 bits per heavy atom. The van der Waals surface area contributed by atoms with Crippen LogP contribution in [0, 0.1) is 11.3 Å². The molecule has 0 amide bonds. The van der Waals surface area contributed by atoms with Crippen LogP contribution in [-0.4, -0.2) is 12.1 Å². The molecule has 0 fully saturated rings. The Morgan fingerprint density at radius 1 is 1.18 bits per heavy atom. The second-order valence-corrected chi connectivity index (χ2v) is 5.11. The van der Waals surface area contributed by atoms with Crippen LogP contribution in [0.15, 0.2) is 48.7 Å². The van der Waals surface area contributed by atoms with Crippen LogP contribution in [0.1, 0.15) is 5.56 Å². The Kier molecular flexibility index (Phi) is 3.82. The number of methoxy groups -OCH3 is 1. The van der Waals surface area contributed by atoms with Gasteiger partial charge in [-0.05, 0) is 42.5 Å². The van der Waals surface area contributed by atoms with Crippen LogP contribution in [0.25, 0.3) is 10.9 Å². The predicted molar refractivity (Wildman–Crippen MR) is 87.7 cm³/mol. The molecule has 0 atom stereocenters. The molecular weight excluding hydrogens is 298 g/mol. The van der Waals surface area contributed by atoms with E-state index in [1.165, 1.54) is 0 Å². The second kappa shape index (κ2) is 5.92. The van der Waals surface area contributed by atoms with Crippen molar-refractivity contribution in [3.8, 4) is 11.8 Å². The molecule has 1 N–H and O–H groups in total. The molecule has 0 saturated heterocycles. The molecule has 4 nitrogen and oxygen atoms in total. The van der Waals surface area contributed by atoms with Gasteiger partial charge in [0.2, 0.25) is 0 Å². The molecule has 22 heavy (non-hydrogen) atoms. The zero-order valence-electron chi connectivity index (χ0n) is 11.8. The van der Waals surface area contributed by atoms with Crippen molar-refractivity contribution in [2.45, 2.75) is 0 Å². The molecule has 1 aromatic heterocycles. The highest BCUT2D eigenvalue weighted by atomic mass is 35.5. The molecule has 0 bridgehead atoms. The summed E-state index contributed by atoms with van der Waals surface area (Å²) in [4.78, 5) is 4.30. The maximum absolute atomic E-state index is 9.34. The van der Waals surface area contributed by atoms with Crippen molar-refractivity contribution in [3.05, 3.63) is 59.2 Å². The molecule has 0 aliphatic carbocycles. The van der Waals surface area contributed by atoms with E-state index in [1.807, 2.05) is 30.3 Å². The van der Waals surface area contributed by atoms with Gasteiger partial charge in [0.1, 0.15) is 11.8 Å². The van der Waals surface area contributed by atoms with Gasteiger partial charge < -0.3 is 10.1 Å². The predicted octanol–water partition coefficient (Wildman–Crippen LogP) is 4.51. The van der Waals surface area contributed by atoms with Gasteiger partial charge in [0.25, 0.3) is 0 Å². The summed E-state index contributed by atoms with van der Waals surface area (Å²) in [6, 6.07) is 15.0. The van der Waals surface area contributed by atoms with Gasteiger partial charge in [-0.15, -0.1) is 0 Å². The van der Waals surface area contributed by atoms with Crippen LogP contribution in [0.3, 0.4) is 0 Å². The van der Waals surface area contributed by atoms with E-state index in [-0.39, 0.29) is 0 Å². The molecule has 0 unspecified atom stereocenters. The van der Waals surface area contributed by atoms with E-state index in [9.17, 15) is 5.26 Å². The number of hydrogen-bond acceptors (Lipinski definition) is 4. The molecule has 3 rings (SSSR count). The van der Waals surface area contributed by atoms with E-state index in [4.69, 9.17) is 16.3 Å². The second-order valence-electron chi connectivity index (χ2n) is 4.67. The Hall–Kier alpha value is -2.77. The number of ether oxygens (including phenoxy) is 1. The van der Waals surface area contributed by atoms with E-state index in [0.29, 0.717) is 22.0 Å². The van der Waals surface area contributed by atoms with Gasteiger partial charge in [-0.25, -0.2) is 0 Å². The van der Waals surface area contributed by atoms with Crippen molar-refractivity contribution in [1.82, 2.24) is 4.98 Å². The average molecular weight is 310 g/mol. The van der Waals surface area contributed by atoms with Gasteiger partial charge in [-0.1, -0.05) is 11.6 Å². The summed E-state index contributed by atoms with van der Waals surface area (Å²) in [7, 11) is 1.61. The lowest BCUT2D eigenvalue weighted by atomic mass is 10.1. The summed E-state index contributed by atoms with van der Waals surface area (Å²) in [6.45, 7) is 0. The van der Waals surface area contributed by atoms with Gasteiger partial charge in [0, 0.05) is 22.3 Å². The number of fused-ring (bicyclic) bond motifs is 1. The fourth-order valence-corrected chi connectivity index (χ4v) is 2.32. The minimum atomic E-state index is 0.468. The summed E-state index contributed by atoms with van der Waals surface area (Å²) in [5.74, 6) is 0.712. The summed E-state index contributed by atoms with van der Waals surface area (Å²) in [5, 5.41) is 14.1. The lowest BCUT2D eigenvalue weighted by Crippen LogP contribution is -1.97. The molecule has 0 radical (unpaired) electrons. The summed E-state index contributed by atoms with van der Waals surface area (Å²) < 4.78 is 5.26. The van der Waals surface area contributed by atoms with Gasteiger partial charge in [-0.3, -0.25) is 4.98 Å². The van der Waals surface area contributed by atoms with Crippen LogP contribution in [-0.2, 0) is 0 Å². The molecule has 0 aliphatic rings. The molecule has 0 aliphatic heterocycles. The Morgan fingerprint density at radius 3 is 2.64 bits per heavy atom. The fourth-order valence-electron chi connectivity index (χ4n) is 2.20. The van der Waals surface area contributed by atoms with Crippen molar-refractivity contribution in [2.24, 2.45) is 0 Å². The first-order chi connectivity index (χ1) is 10.7. The number of anilines is 2. The SMILES string of the molecule is COc1ccc2ncc(C#N)c(Nc3ccc(Cl)cc3)c2c1. The molecule has 0 spiro atoms. The number of benzene rings is 2. The average Bonchev–Trinajstić information content (AvgIpc) is 2.56. The largest absolute Gasteiger partial charge is 0.497 e. The maximum atomic E-state index is 9.34. The number of nitriles is 1. The van der Waals surface area contributed by atoms with Crippen molar-refractivity contribution in [1.29, 1.82) is 5.26 Å². The molecule has 0 saturated carbocycles. The van der Waals surface area contributed by atoms with Gasteiger partial charge in [0.05, 0.1) is 23.9 Å². The topological polar surface area (TPSA) is 57.9 Å². The summed E-state index contributed by atoms with van der Waals surface area (Å²) >= 11 is 5.90. The van der Waals surface area contributed by atoms with E-state index in [2.05, 4.69) is 16.4 Å². The number of nitrogens with one attached hydrogen (secondary N) is 1. The highest BCUT2D eigenvalue weighted by molar-refractivity contribution is 6.30. The molecule has 5 heteroatoms. The quantitative estimate of drug-likeness (QED) is 0.773. The lowest BCUT2D eigenvalue weighted by Gasteiger charge is -2.12. The Bertz CT molecular complexity index is 869. The highest BCUT2D eigenvalue weighted by Gasteiger charge is 2.10. The van der Waals surface area contributed by atoms with Crippen LogP contribution >= 0.6 is 11.6 Å². The molecular formula is C17H12ClN3O. The number of rotatable bonds is 3. The van der Waals surface area contributed by atoms with Crippen LogP contribution in [0.4, 0.5) is 11.4 Å². The van der Waals surface area contributed by atoms with Crippen LogP contribution in [0.5, 0.6) is 5.75 Å². The minimum absolute atomic E-state index is 0.468. The zero-order valence-corrected chi connectivity index (χ0v) is 12.6.